The molecule has 8 heteroatoms. The molecule has 1 heterocycles. The Balaban J connectivity index is 2.04. The Labute approximate surface area is 198 Å². The van der Waals surface area contributed by atoms with Crippen LogP contribution in [-0.4, -0.2) is 25.9 Å². The van der Waals surface area contributed by atoms with Crippen molar-refractivity contribution in [1.82, 2.24) is 15.0 Å². The number of nitrogens with zero attached hydrogens (tertiary/aromatic N) is 3. The van der Waals surface area contributed by atoms with Crippen molar-refractivity contribution < 1.29 is 23.1 Å². The van der Waals surface area contributed by atoms with Crippen LogP contribution in [0.15, 0.2) is 30.3 Å². The van der Waals surface area contributed by atoms with Gasteiger partial charge in [0.15, 0.2) is 0 Å². The maximum absolute atomic E-state index is 13.1. The largest absolute Gasteiger partial charge is 0.505 e. The molecule has 0 saturated heterocycles. The van der Waals surface area contributed by atoms with Crippen LogP contribution in [0.2, 0.25) is 0 Å². The molecule has 0 aliphatic rings. The fourth-order valence-corrected chi connectivity index (χ4v) is 4.11. The molecular formula is C26H32F3N3O2. The lowest BCUT2D eigenvalue weighted by Crippen LogP contribution is -2.24. The third kappa shape index (κ3) is 5.42. The molecule has 1 aromatic heterocycles. The Hall–Kier alpha value is -2.90. The quantitative estimate of drug-likeness (QED) is 0.409. The summed E-state index contributed by atoms with van der Waals surface area (Å²) < 4.78 is 39.3. The van der Waals surface area contributed by atoms with Gasteiger partial charge in [-0.25, -0.2) is 0 Å². The number of rotatable bonds is 7. The molecule has 0 atom stereocenters. The molecule has 0 aliphatic carbocycles. The van der Waals surface area contributed by atoms with Gasteiger partial charge < -0.3 is 5.11 Å². The summed E-state index contributed by atoms with van der Waals surface area (Å²) in [5.74, 6) is 0.133. The van der Waals surface area contributed by atoms with Crippen LogP contribution >= 0.6 is 0 Å². The minimum atomic E-state index is -4.49. The van der Waals surface area contributed by atoms with E-state index in [1.165, 1.54) is 10.9 Å². The maximum Gasteiger partial charge on any atom is 0.416 e. The Morgan fingerprint density at radius 1 is 1.00 bits per heavy atom. The van der Waals surface area contributed by atoms with Crippen LogP contribution in [0, 0.1) is 5.41 Å². The Morgan fingerprint density at radius 3 is 2.24 bits per heavy atom. The van der Waals surface area contributed by atoms with Crippen LogP contribution in [0.4, 0.5) is 13.2 Å². The molecule has 2 aromatic carbocycles. The monoisotopic (exact) mass is 475 g/mol. The number of aromatic hydroxyl groups is 1. The van der Waals surface area contributed by atoms with Gasteiger partial charge in [0.25, 0.3) is 0 Å². The average Bonchev–Trinajstić information content (AvgIpc) is 3.14. The van der Waals surface area contributed by atoms with E-state index in [0.29, 0.717) is 18.4 Å². The molecule has 184 valence electrons. The predicted octanol–water partition coefficient (Wildman–Crippen LogP) is 6.77. The van der Waals surface area contributed by atoms with Crippen molar-refractivity contribution in [2.45, 2.75) is 78.8 Å². The number of ketones is 1. The number of halogens is 3. The van der Waals surface area contributed by atoms with Gasteiger partial charge in [-0.2, -0.15) is 13.2 Å². The molecule has 0 radical (unpaired) electrons. The first-order valence-corrected chi connectivity index (χ1v) is 11.5. The van der Waals surface area contributed by atoms with E-state index in [2.05, 4.69) is 17.1 Å². The van der Waals surface area contributed by atoms with Gasteiger partial charge in [0, 0.05) is 17.4 Å². The second-order valence-electron chi connectivity index (χ2n) is 10.5. The zero-order valence-electron chi connectivity index (χ0n) is 20.5. The molecule has 0 amide bonds. The highest BCUT2D eigenvalue weighted by Crippen LogP contribution is 2.37. The minimum absolute atomic E-state index is 0.0368. The zero-order chi connectivity index (χ0) is 25.5. The summed E-state index contributed by atoms with van der Waals surface area (Å²) in [6, 6.07) is 6.75. The van der Waals surface area contributed by atoms with Crippen molar-refractivity contribution in [3.8, 4) is 11.4 Å². The summed E-state index contributed by atoms with van der Waals surface area (Å²) in [6.07, 6.45) is -1.93. The highest BCUT2D eigenvalue weighted by molar-refractivity contribution is 5.84. The molecule has 3 rings (SSSR count). The van der Waals surface area contributed by atoms with Gasteiger partial charge in [-0.1, -0.05) is 54.0 Å². The van der Waals surface area contributed by atoms with E-state index >= 15 is 0 Å². The molecule has 5 nitrogen and oxygen atoms in total. The van der Waals surface area contributed by atoms with Crippen LogP contribution in [0.1, 0.15) is 77.5 Å². The molecule has 34 heavy (non-hydrogen) atoms. The number of carbonyl (C=O) groups is 1. The number of hydrogen-bond donors (Lipinski definition) is 1. The van der Waals surface area contributed by atoms with Gasteiger partial charge in [-0.15, -0.1) is 15.0 Å². The minimum Gasteiger partial charge on any atom is -0.505 e. The van der Waals surface area contributed by atoms with E-state index in [0.717, 1.165) is 30.5 Å². The van der Waals surface area contributed by atoms with E-state index in [1.54, 1.807) is 6.07 Å². The number of alkyl halides is 3. The van der Waals surface area contributed by atoms with E-state index in [-0.39, 0.29) is 28.3 Å². The standard InChI is InChI=1S/C26H32F3N3O2/c1-7-12-25(5,6)22(33)11-8-16-13-18(24(2,3)4)23(34)21(14-16)32-30-19-10-9-17(26(27,28)29)15-20(19)31-32/h9-10,13-15,34H,7-8,11-12H2,1-6H3. The molecule has 3 aromatic rings. The lowest BCUT2D eigenvalue weighted by Gasteiger charge is -2.24. The smallest absolute Gasteiger partial charge is 0.416 e. The van der Waals surface area contributed by atoms with Crippen LogP contribution in [-0.2, 0) is 22.8 Å². The summed E-state index contributed by atoms with van der Waals surface area (Å²) >= 11 is 0. The molecule has 0 aliphatic heterocycles. The lowest BCUT2D eigenvalue weighted by atomic mass is 9.80. The summed E-state index contributed by atoms with van der Waals surface area (Å²) in [7, 11) is 0. The molecule has 0 bridgehead atoms. The SMILES string of the molecule is CCCC(C)(C)C(=O)CCc1cc(-n2nc3ccc(C(F)(F)F)cc3n2)c(O)c(C(C)(C)C)c1. The van der Waals surface area contributed by atoms with Crippen LogP contribution in [0.3, 0.4) is 0 Å². The Morgan fingerprint density at radius 2 is 1.65 bits per heavy atom. The number of Topliss-reactive ketones (excluding diaryl/α,β-unsaturated/α-hetero) is 1. The van der Waals surface area contributed by atoms with Crippen LogP contribution in [0.25, 0.3) is 16.7 Å². The summed E-state index contributed by atoms with van der Waals surface area (Å²) in [5, 5.41) is 19.6. The van der Waals surface area contributed by atoms with E-state index in [9.17, 15) is 23.1 Å². The van der Waals surface area contributed by atoms with Gasteiger partial charge in [0.1, 0.15) is 28.3 Å². The molecule has 0 spiro atoms. The summed E-state index contributed by atoms with van der Waals surface area (Å²) in [6.45, 7) is 11.8. The van der Waals surface area contributed by atoms with Crippen molar-refractivity contribution >= 4 is 16.8 Å². The third-order valence-electron chi connectivity index (χ3n) is 6.15. The van der Waals surface area contributed by atoms with E-state index in [4.69, 9.17) is 0 Å². The topological polar surface area (TPSA) is 68.0 Å². The highest BCUT2D eigenvalue weighted by atomic mass is 19.4. The number of hydrogen-bond acceptors (Lipinski definition) is 4. The fraction of sp³-hybridized carbons (Fsp3) is 0.500. The molecular weight excluding hydrogens is 443 g/mol. The van der Waals surface area contributed by atoms with Crippen molar-refractivity contribution in [2.75, 3.05) is 0 Å². The van der Waals surface area contributed by atoms with Gasteiger partial charge in [0.05, 0.1) is 5.56 Å². The lowest BCUT2D eigenvalue weighted by molar-refractivity contribution is -0.137. The molecule has 0 saturated carbocycles. The number of aromatic nitrogens is 3. The number of carbonyl (C=O) groups excluding carboxylic acids is 1. The second-order valence-corrected chi connectivity index (χ2v) is 10.5. The average molecular weight is 476 g/mol. The number of fused-ring (bicyclic) bond motifs is 1. The number of phenolic OH excluding ortho intramolecular Hbond substituents is 1. The van der Waals surface area contributed by atoms with Gasteiger partial charge >= 0.3 is 6.18 Å². The predicted molar refractivity (Wildman–Crippen MR) is 126 cm³/mol. The fourth-order valence-electron chi connectivity index (χ4n) is 4.11. The first kappa shape index (κ1) is 25.7. The van der Waals surface area contributed by atoms with Crippen molar-refractivity contribution in [2.24, 2.45) is 5.41 Å². The highest BCUT2D eigenvalue weighted by Gasteiger charge is 2.31. The first-order chi connectivity index (χ1) is 15.6. The third-order valence-corrected chi connectivity index (χ3v) is 6.15. The van der Waals surface area contributed by atoms with E-state index < -0.39 is 22.6 Å². The zero-order valence-corrected chi connectivity index (χ0v) is 20.5. The van der Waals surface area contributed by atoms with Crippen LogP contribution < -0.4 is 0 Å². The molecule has 0 unspecified atom stereocenters. The first-order valence-electron chi connectivity index (χ1n) is 11.5. The number of phenols is 1. The maximum atomic E-state index is 13.1. The van der Waals surface area contributed by atoms with Crippen molar-refractivity contribution in [1.29, 1.82) is 0 Å². The number of aryl methyl sites for hydroxylation is 1. The number of benzene rings is 2. The Kier molecular flexibility index (Phi) is 6.84. The van der Waals surface area contributed by atoms with Gasteiger partial charge in [0.2, 0.25) is 0 Å². The molecule has 1 N–H and O–H groups in total. The summed E-state index contributed by atoms with van der Waals surface area (Å²) in [5.41, 5.74) is 0.476. The summed E-state index contributed by atoms with van der Waals surface area (Å²) in [4.78, 5) is 14.0. The van der Waals surface area contributed by atoms with Gasteiger partial charge in [-0.05, 0) is 48.1 Å². The van der Waals surface area contributed by atoms with Crippen molar-refractivity contribution in [3.63, 3.8) is 0 Å². The second kappa shape index (κ2) is 9.04. The molecule has 0 fully saturated rings. The van der Waals surface area contributed by atoms with E-state index in [1.807, 2.05) is 40.7 Å². The Bertz CT molecular complexity index is 1200. The van der Waals surface area contributed by atoms with Crippen LogP contribution in [0.5, 0.6) is 5.75 Å². The van der Waals surface area contributed by atoms with Crippen molar-refractivity contribution in [3.05, 3.63) is 47.0 Å². The normalized spacial score (nSPS) is 13.0. The van der Waals surface area contributed by atoms with Gasteiger partial charge in [-0.3, -0.25) is 4.79 Å².